The molecule has 50 heavy (non-hydrogen) atoms. The predicted molar refractivity (Wildman–Crippen MR) is 215 cm³/mol. The molecule has 2 aliphatic heterocycles. The lowest BCUT2D eigenvalue weighted by atomic mass is 9.94. The average molecular weight is 727 g/mol. The van der Waals surface area contributed by atoms with Gasteiger partial charge in [0, 0.05) is 55.1 Å². The van der Waals surface area contributed by atoms with Gasteiger partial charge in [-0.15, -0.1) is 20.6 Å². The third-order valence-electron chi connectivity index (χ3n) is 8.72. The highest BCUT2D eigenvalue weighted by atomic mass is 32.1. The Morgan fingerprint density at radius 1 is 1.04 bits per heavy atom. The van der Waals surface area contributed by atoms with Crippen molar-refractivity contribution in [2.45, 2.75) is 119 Å². The first-order valence-corrected chi connectivity index (χ1v) is 19.7. The van der Waals surface area contributed by atoms with E-state index in [0.29, 0.717) is 34.9 Å². The van der Waals surface area contributed by atoms with Crippen LogP contribution in [0.15, 0.2) is 12.4 Å². The molecule has 4 aromatic rings. The van der Waals surface area contributed by atoms with E-state index in [1.807, 2.05) is 20.0 Å². The summed E-state index contributed by atoms with van der Waals surface area (Å²) < 4.78 is 25.0. The highest BCUT2D eigenvalue weighted by molar-refractivity contribution is 7.29. The van der Waals surface area contributed by atoms with Crippen molar-refractivity contribution >= 4 is 57.8 Å². The number of hydrogen-bond acceptors (Lipinski definition) is 9. The minimum absolute atomic E-state index is 0.254. The van der Waals surface area contributed by atoms with Gasteiger partial charge in [-0.2, -0.15) is 5.26 Å². The van der Waals surface area contributed by atoms with Crippen molar-refractivity contribution in [3.63, 3.8) is 0 Å². The number of nitrogens with two attached hydrogens (primary N) is 1. The van der Waals surface area contributed by atoms with E-state index in [1.54, 1.807) is 14.2 Å². The van der Waals surface area contributed by atoms with Crippen LogP contribution in [0.2, 0.25) is 0 Å². The number of halogens is 1. The summed E-state index contributed by atoms with van der Waals surface area (Å²) in [6, 6.07) is 2.13. The first-order valence-electron chi connectivity index (χ1n) is 18.3. The molecule has 6 rings (SSSR count). The molecule has 8 nitrogen and oxygen atoms in total. The fraction of sp³-hybridized carbons (Fsp3) is 0.590. The van der Waals surface area contributed by atoms with Gasteiger partial charge in [0.2, 0.25) is 5.95 Å². The molecular formula is C39H60FN6O2PS. The van der Waals surface area contributed by atoms with Crippen LogP contribution in [0.25, 0.3) is 32.2 Å². The van der Waals surface area contributed by atoms with E-state index in [2.05, 4.69) is 69.5 Å². The number of thiophene rings is 1. The third-order valence-corrected chi connectivity index (χ3v) is 10.3. The highest BCUT2D eigenvalue weighted by Crippen LogP contribution is 2.43. The van der Waals surface area contributed by atoms with Crippen molar-refractivity contribution in [3.05, 3.63) is 34.9 Å². The first kappa shape index (κ1) is 43.2. The van der Waals surface area contributed by atoms with Crippen molar-refractivity contribution in [1.82, 2.24) is 15.0 Å². The zero-order valence-electron chi connectivity index (χ0n) is 31.9. The van der Waals surface area contributed by atoms with E-state index in [9.17, 15) is 9.65 Å². The molecule has 0 bridgehead atoms. The maximum atomic E-state index is 14.6. The first-order chi connectivity index (χ1) is 24.2. The number of unbranched alkanes of at least 4 members (excludes halogenated alkanes) is 3. The summed E-state index contributed by atoms with van der Waals surface area (Å²) in [4.78, 5) is 16.2. The van der Waals surface area contributed by atoms with Gasteiger partial charge >= 0.3 is 0 Å². The Balaban J connectivity index is 0.000000404. The number of fused-ring (bicyclic) bond motifs is 4. The van der Waals surface area contributed by atoms with Gasteiger partial charge in [-0.1, -0.05) is 93.4 Å². The lowest BCUT2D eigenvalue weighted by Crippen LogP contribution is -2.21. The van der Waals surface area contributed by atoms with E-state index in [-0.39, 0.29) is 10.6 Å². The molecule has 2 N–H and O–H groups in total. The minimum Gasteiger partial charge on any atom is -0.389 e. The molecule has 0 amide bonds. The van der Waals surface area contributed by atoms with Crippen LogP contribution in [-0.2, 0) is 22.7 Å². The zero-order valence-corrected chi connectivity index (χ0v) is 33.9. The molecule has 1 fully saturated rings. The minimum atomic E-state index is -0.486. The Morgan fingerprint density at radius 2 is 1.68 bits per heavy atom. The molecule has 276 valence electrons. The number of nitrogen functional groups attached to an aromatic ring is 1. The third kappa shape index (κ3) is 10.8. The van der Waals surface area contributed by atoms with E-state index in [0.717, 1.165) is 76.1 Å². The SMILES string of the molecule is CC.CCCC.CCCCCC(C)CC.COC.N#Cc1c(N)sc2c(F)cnc(-c3c4c(c5cnc(N6CCCC6)nc5c3P)COC4)c12. The van der Waals surface area contributed by atoms with Crippen molar-refractivity contribution < 1.29 is 13.9 Å². The predicted octanol–water partition coefficient (Wildman–Crippen LogP) is 10.3. The van der Waals surface area contributed by atoms with Gasteiger partial charge in [0.05, 0.1) is 40.9 Å². The quantitative estimate of drug-likeness (QED) is 0.141. The summed E-state index contributed by atoms with van der Waals surface area (Å²) in [7, 11) is 6.03. The molecule has 0 aliphatic carbocycles. The molecule has 0 spiro atoms. The largest absolute Gasteiger partial charge is 0.389 e. The number of methoxy groups -OCH3 is 1. The lowest BCUT2D eigenvalue weighted by molar-refractivity contribution is 0.135. The number of ether oxygens (including phenoxy) is 2. The molecule has 0 radical (unpaired) electrons. The van der Waals surface area contributed by atoms with Crippen LogP contribution in [0.5, 0.6) is 0 Å². The van der Waals surface area contributed by atoms with Crippen molar-refractivity contribution in [2.75, 3.05) is 37.9 Å². The van der Waals surface area contributed by atoms with Gasteiger partial charge in [0.1, 0.15) is 11.1 Å². The number of rotatable bonds is 8. The molecule has 5 heterocycles. The number of benzene rings is 1. The van der Waals surface area contributed by atoms with Crippen LogP contribution in [0.1, 0.15) is 123 Å². The molecule has 11 heteroatoms. The number of nitrogens with zero attached hydrogens (tertiary/aromatic N) is 5. The molecular weight excluding hydrogens is 667 g/mol. The number of nitriles is 1. The van der Waals surface area contributed by atoms with Crippen molar-refractivity contribution in [1.29, 1.82) is 5.26 Å². The van der Waals surface area contributed by atoms with Gasteiger partial charge in [-0.3, -0.25) is 4.98 Å². The number of pyridine rings is 1. The van der Waals surface area contributed by atoms with Crippen LogP contribution in [0.3, 0.4) is 0 Å². The zero-order chi connectivity index (χ0) is 37.2. The van der Waals surface area contributed by atoms with Crippen LogP contribution in [-0.4, -0.2) is 42.3 Å². The van der Waals surface area contributed by atoms with E-state index in [1.165, 1.54) is 51.1 Å². The topological polar surface area (TPSA) is 110 Å². The van der Waals surface area contributed by atoms with Gasteiger partial charge in [0.25, 0.3) is 0 Å². The summed E-state index contributed by atoms with van der Waals surface area (Å²) >= 11 is 1.07. The van der Waals surface area contributed by atoms with Crippen LogP contribution < -0.4 is 15.9 Å². The summed E-state index contributed by atoms with van der Waals surface area (Å²) in [6.07, 6.45) is 15.0. The maximum absolute atomic E-state index is 14.6. The van der Waals surface area contributed by atoms with Crippen LogP contribution >= 0.6 is 20.6 Å². The van der Waals surface area contributed by atoms with E-state index >= 15 is 0 Å². The second-order valence-corrected chi connectivity index (χ2v) is 14.0. The Hall–Kier alpha value is -2.96. The fourth-order valence-electron chi connectivity index (χ4n) is 5.65. The smallest absolute Gasteiger partial charge is 0.225 e. The normalized spacial score (nSPS) is 13.5. The standard InChI is InChI=1S/C22H18FN6OPS.C9H20.C4H10.C2H6O.C2H6/c23-14-7-26-18(16-10(5-24)21(25)32-20(14)16)15-13-9-30-8-12(13)11-6-27-22(28-17(11)19(15)31)29-3-1-2-4-29;1-4-6-7-8-9(3)5-2;1-3-4-2;1-3-2;1-2/h6-7H,1-4,8-9,25,31H2;9H,4-8H2,1-3H3;3-4H2,1-2H3;1-2H3;1-2H3. The summed E-state index contributed by atoms with van der Waals surface area (Å²) in [6.45, 7) is 18.0. The van der Waals surface area contributed by atoms with Crippen LogP contribution in [0, 0.1) is 23.1 Å². The Bertz CT molecular complexity index is 1670. The maximum Gasteiger partial charge on any atom is 0.225 e. The van der Waals surface area contributed by atoms with Crippen LogP contribution in [0.4, 0.5) is 15.3 Å². The Kier molecular flexibility index (Phi) is 19.7. The number of anilines is 2. The van der Waals surface area contributed by atoms with E-state index < -0.39 is 5.82 Å². The summed E-state index contributed by atoms with van der Waals surface area (Å²) in [5, 5.41) is 12.2. The van der Waals surface area contributed by atoms with E-state index in [4.69, 9.17) is 15.5 Å². The molecule has 3 aromatic heterocycles. The second kappa shape index (κ2) is 22.8. The molecule has 0 saturated carbocycles. The van der Waals surface area contributed by atoms with Gasteiger partial charge < -0.3 is 20.1 Å². The number of hydrogen-bond donors (Lipinski definition) is 1. The number of aromatic nitrogens is 3. The highest BCUT2D eigenvalue weighted by Gasteiger charge is 2.29. The Morgan fingerprint density at radius 3 is 2.26 bits per heavy atom. The summed E-state index contributed by atoms with van der Waals surface area (Å²) in [5.74, 6) is 1.18. The molecule has 1 aromatic carbocycles. The van der Waals surface area contributed by atoms with Gasteiger partial charge in [-0.25, -0.2) is 14.4 Å². The average Bonchev–Trinajstić information content (AvgIpc) is 3.92. The summed E-state index contributed by atoms with van der Waals surface area (Å²) in [5.41, 5.74) is 10.4. The molecule has 1 saturated heterocycles. The van der Waals surface area contributed by atoms with Crippen molar-refractivity contribution in [2.24, 2.45) is 5.92 Å². The van der Waals surface area contributed by atoms with Crippen molar-refractivity contribution in [3.8, 4) is 17.3 Å². The van der Waals surface area contributed by atoms with Gasteiger partial charge in [-0.05, 0) is 29.9 Å². The molecule has 2 atom stereocenters. The molecule has 2 aliphatic rings. The second-order valence-electron chi connectivity index (χ2n) is 12.4. The molecule has 2 unspecified atom stereocenters. The monoisotopic (exact) mass is 726 g/mol. The van der Waals surface area contributed by atoms with Gasteiger partial charge in [0.15, 0.2) is 5.82 Å². The Labute approximate surface area is 306 Å². The fourth-order valence-corrected chi connectivity index (χ4v) is 7.10. The lowest BCUT2D eigenvalue weighted by Gasteiger charge is -2.19.